The van der Waals surface area contributed by atoms with E-state index in [1.54, 1.807) is 37.3 Å². The van der Waals surface area contributed by atoms with Crippen molar-refractivity contribution in [1.29, 1.82) is 0 Å². The number of Topliss-reactive ketones (excluding diaryl/α,β-unsaturated/α-hetero) is 4. The molecule has 0 aliphatic carbocycles. The molecule has 0 radical (unpaired) electrons. The second kappa shape index (κ2) is 34.6. The molecule has 0 spiro atoms. The van der Waals surface area contributed by atoms with Crippen LogP contribution in [0.25, 0.3) is 0 Å². The van der Waals surface area contributed by atoms with Crippen molar-refractivity contribution in [3.8, 4) is 23.0 Å². The molecule has 4 atom stereocenters. The summed E-state index contributed by atoms with van der Waals surface area (Å²) in [5.41, 5.74) is 35.1. The first-order valence-corrected chi connectivity index (χ1v) is 27.8. The third-order valence-corrected chi connectivity index (χ3v) is 13.6. The minimum Gasteiger partial charge on any atom is -0.496 e. The molecule has 0 aromatic heterocycles. The molecule has 0 saturated heterocycles. The Morgan fingerprint density at radius 1 is 0.414 bits per heavy atom. The Labute approximate surface area is 504 Å². The van der Waals surface area contributed by atoms with Crippen LogP contribution in [0.5, 0.6) is 23.0 Å². The van der Waals surface area contributed by atoms with Gasteiger partial charge < -0.3 is 79.9 Å². The summed E-state index contributed by atoms with van der Waals surface area (Å²) >= 11 is 0. The Morgan fingerprint density at radius 3 is 0.920 bits per heavy atom. The smallest absolute Gasteiger partial charge is 0.255 e. The SMILES string of the molecule is CNC(=O)c1cc(CC(=O)[C@@H](CCCN=C(N)N)NC(=O)c2cc(CC(=O)[C@@H](CCCN=C(N)N)NC(=O)c3cc(CC(=O)[C@@H](CCCN=C(N)N)NC(=O)c4cc(CC(=O)[C@@H](C)NC(C)=O)ccc4OC)ccc3OC)ccc2OC)ccc1OC. The van der Waals surface area contributed by atoms with Gasteiger partial charge in [-0.2, -0.15) is 0 Å². The van der Waals surface area contributed by atoms with Crippen molar-refractivity contribution in [2.24, 2.45) is 49.4 Å². The first-order valence-electron chi connectivity index (χ1n) is 27.8. The molecule has 0 heterocycles. The van der Waals surface area contributed by atoms with Gasteiger partial charge in [-0.05, 0) is 116 Å². The van der Waals surface area contributed by atoms with Crippen LogP contribution in [0.15, 0.2) is 87.8 Å². The summed E-state index contributed by atoms with van der Waals surface area (Å²) in [7, 11) is 6.93. The molecule has 468 valence electrons. The summed E-state index contributed by atoms with van der Waals surface area (Å²) < 4.78 is 21.9. The standard InChI is InChI=1S/C60H80N14O13/c1-33(71-34(2)75)46(76)29-35-14-19-51(85-5)40(26-35)55(81)72-44(12-9-23-69-59(63)64)48(78)31-37-16-21-53(87-7)42(28-37)57(83)74-45(13-10-24-70-60(65)66)49(79)32-38-17-20-52(86-6)41(27-38)56(82)73-43(11-8-22-68-58(61)62)47(77)30-36-15-18-50(84-4)39(25-36)54(80)67-3/h14-21,25-28,33,43-45H,8-13,22-24,29-32H2,1-7H3,(H,67,80)(H,71,75)(H,72,81)(H,73,82)(H,74,83)(H4,61,62,68)(H4,63,64,69)(H4,65,66,70)/t33-,43-,44-,45-/m1/s1. The molecule has 27 nitrogen and oxygen atoms in total. The molecule has 0 bridgehead atoms. The number of guanidine groups is 3. The van der Waals surface area contributed by atoms with Gasteiger partial charge in [-0.3, -0.25) is 58.1 Å². The maximum absolute atomic E-state index is 14.4. The summed E-state index contributed by atoms with van der Waals surface area (Å²) in [6.45, 7) is 3.24. The lowest BCUT2D eigenvalue weighted by Crippen LogP contribution is -2.42. The number of carbonyl (C=O) groups excluding carboxylic acids is 9. The van der Waals surface area contributed by atoms with Crippen LogP contribution in [0.3, 0.4) is 0 Å². The van der Waals surface area contributed by atoms with Gasteiger partial charge in [0.1, 0.15) is 23.0 Å². The molecule has 17 N–H and O–H groups in total. The van der Waals surface area contributed by atoms with Gasteiger partial charge in [0.2, 0.25) is 5.91 Å². The average molecular weight is 1210 g/mol. The van der Waals surface area contributed by atoms with E-state index in [4.69, 9.17) is 53.3 Å². The van der Waals surface area contributed by atoms with E-state index in [9.17, 15) is 43.2 Å². The lowest BCUT2D eigenvalue weighted by molar-refractivity contribution is -0.126. The summed E-state index contributed by atoms with van der Waals surface area (Å²) in [6.07, 6.45) is 0.151. The van der Waals surface area contributed by atoms with Gasteiger partial charge in [-0.25, -0.2) is 0 Å². The topological polar surface area (TPSA) is 444 Å². The number of nitrogens with zero attached hydrogens (tertiary/aromatic N) is 3. The summed E-state index contributed by atoms with van der Waals surface area (Å²) in [4.78, 5) is 135. The number of carbonyl (C=O) groups is 9. The highest BCUT2D eigenvalue weighted by Gasteiger charge is 2.29. The number of methoxy groups -OCH3 is 4. The third kappa shape index (κ3) is 22.1. The van der Waals surface area contributed by atoms with Gasteiger partial charge >= 0.3 is 0 Å². The second-order valence-electron chi connectivity index (χ2n) is 20.1. The van der Waals surface area contributed by atoms with E-state index in [0.29, 0.717) is 34.4 Å². The number of benzene rings is 4. The zero-order valence-electron chi connectivity index (χ0n) is 50.0. The summed E-state index contributed by atoms with van der Waals surface area (Å²) in [5, 5.41) is 13.5. The van der Waals surface area contributed by atoms with E-state index >= 15 is 0 Å². The molecule has 0 aliphatic heterocycles. The van der Waals surface area contributed by atoms with Crippen LogP contribution >= 0.6 is 0 Å². The Bertz CT molecular complexity index is 3230. The van der Waals surface area contributed by atoms with E-state index in [2.05, 4.69) is 41.6 Å². The average Bonchev–Trinajstić information content (AvgIpc) is 3.66. The lowest BCUT2D eigenvalue weighted by Gasteiger charge is -2.21. The zero-order chi connectivity index (χ0) is 64.3. The fourth-order valence-electron chi connectivity index (χ4n) is 9.18. The van der Waals surface area contributed by atoms with Crippen molar-refractivity contribution in [2.45, 2.75) is 102 Å². The van der Waals surface area contributed by atoms with Crippen molar-refractivity contribution >= 4 is 70.5 Å². The van der Waals surface area contributed by atoms with Crippen LogP contribution in [0.4, 0.5) is 0 Å². The predicted octanol–water partition coefficient (Wildman–Crippen LogP) is 0.608. The fraction of sp³-hybridized carbons (Fsp3) is 0.400. The number of ether oxygens (including phenoxy) is 4. The van der Waals surface area contributed by atoms with Crippen molar-refractivity contribution < 1.29 is 62.1 Å². The predicted molar refractivity (Wildman–Crippen MR) is 327 cm³/mol. The summed E-state index contributed by atoms with van der Waals surface area (Å²) in [6, 6.07) is 14.2. The molecule has 5 amide bonds. The fourth-order valence-corrected chi connectivity index (χ4v) is 9.18. The number of rotatable bonds is 36. The number of amides is 5. The highest BCUT2D eigenvalue weighted by Crippen LogP contribution is 2.26. The van der Waals surface area contributed by atoms with Crippen LogP contribution in [0.2, 0.25) is 0 Å². The van der Waals surface area contributed by atoms with Crippen molar-refractivity contribution in [1.82, 2.24) is 26.6 Å². The molecule has 87 heavy (non-hydrogen) atoms. The minimum atomic E-state index is -1.17. The Kier molecular flexibility index (Phi) is 27.6. The summed E-state index contributed by atoms with van der Waals surface area (Å²) in [5.74, 6) is -4.41. The Hall–Kier alpha value is -10.1. The second-order valence-corrected chi connectivity index (χ2v) is 20.1. The van der Waals surface area contributed by atoms with Crippen LogP contribution in [0, 0.1) is 0 Å². The molecule has 4 aromatic rings. The van der Waals surface area contributed by atoms with Crippen molar-refractivity contribution in [2.75, 3.05) is 55.1 Å². The lowest BCUT2D eigenvalue weighted by atomic mass is 9.96. The highest BCUT2D eigenvalue weighted by atomic mass is 16.5. The largest absolute Gasteiger partial charge is 0.496 e. The number of ketones is 4. The normalized spacial score (nSPS) is 12.0. The molecule has 0 fully saturated rings. The molecular weight excluding hydrogens is 1120 g/mol. The first kappa shape index (κ1) is 69.4. The van der Waals surface area contributed by atoms with Crippen LogP contribution in [-0.2, 0) is 49.7 Å². The zero-order valence-corrected chi connectivity index (χ0v) is 50.0. The number of nitrogens with one attached hydrogen (secondary N) is 5. The highest BCUT2D eigenvalue weighted by molar-refractivity contribution is 6.04. The van der Waals surface area contributed by atoms with E-state index < -0.39 is 65.1 Å². The number of hydrogen-bond acceptors (Lipinski definition) is 16. The molecule has 4 rings (SSSR count). The van der Waals surface area contributed by atoms with E-state index in [1.165, 1.54) is 84.9 Å². The number of aliphatic imine (C=N–C) groups is 3. The monoisotopic (exact) mass is 1200 g/mol. The van der Waals surface area contributed by atoms with Gasteiger partial charge in [0.15, 0.2) is 41.0 Å². The first-order chi connectivity index (χ1) is 41.4. The Balaban J connectivity index is 1.62. The number of hydrogen-bond donors (Lipinski definition) is 11. The molecule has 0 aliphatic rings. The molecule has 27 heteroatoms. The third-order valence-electron chi connectivity index (χ3n) is 13.6. The molecule has 0 unspecified atom stereocenters. The van der Waals surface area contributed by atoms with E-state index in [0.717, 1.165) is 0 Å². The van der Waals surface area contributed by atoms with Crippen LogP contribution in [0.1, 0.15) is 116 Å². The maximum Gasteiger partial charge on any atom is 0.255 e. The van der Waals surface area contributed by atoms with Crippen LogP contribution in [-0.4, -0.2) is 150 Å². The van der Waals surface area contributed by atoms with Crippen LogP contribution < -0.4 is 79.9 Å². The molecule has 4 aromatic carbocycles. The quantitative estimate of drug-likeness (QED) is 0.0169. The maximum atomic E-state index is 14.4. The number of nitrogens with two attached hydrogens (primary N) is 6. The minimum absolute atomic E-state index is 0.0101. The van der Waals surface area contributed by atoms with E-state index in [-0.39, 0.29) is 146 Å². The van der Waals surface area contributed by atoms with Gasteiger partial charge in [0, 0.05) is 59.3 Å². The van der Waals surface area contributed by atoms with E-state index in [1.807, 2.05) is 0 Å². The van der Waals surface area contributed by atoms with Gasteiger partial charge in [-0.15, -0.1) is 0 Å². The molecule has 0 saturated carbocycles. The molecular formula is C60H80N14O13. The van der Waals surface area contributed by atoms with Crippen molar-refractivity contribution in [3.05, 3.63) is 117 Å². The Morgan fingerprint density at radius 2 is 0.678 bits per heavy atom. The van der Waals surface area contributed by atoms with Gasteiger partial charge in [0.05, 0.1) is 74.9 Å². The van der Waals surface area contributed by atoms with Gasteiger partial charge in [-0.1, -0.05) is 24.3 Å². The van der Waals surface area contributed by atoms with Crippen molar-refractivity contribution in [3.63, 3.8) is 0 Å². The van der Waals surface area contributed by atoms with Gasteiger partial charge in [0.25, 0.3) is 23.6 Å².